The third-order valence-electron chi connectivity index (χ3n) is 1.59. The number of hydrogen-bond donors (Lipinski definition) is 0. The van der Waals surface area contributed by atoms with E-state index in [-0.39, 0.29) is 11.3 Å². The second-order valence-corrected chi connectivity index (χ2v) is 3.55. The molecule has 84 valence electrons. The molecule has 0 heterocycles. The van der Waals surface area contributed by atoms with Crippen LogP contribution in [-0.4, -0.2) is 13.9 Å². The first-order chi connectivity index (χ1) is 6.95. The Morgan fingerprint density at radius 3 is 2.47 bits per heavy atom. The van der Waals surface area contributed by atoms with Crippen LogP contribution in [0.2, 0.25) is 0 Å². The lowest BCUT2D eigenvalue weighted by Gasteiger charge is -2.10. The molecule has 0 unspecified atom stereocenters. The second-order valence-electron chi connectivity index (χ2n) is 2.69. The molecular formula is C9H8BrF3O2. The molecule has 0 fully saturated rings. The molecule has 0 atom stereocenters. The van der Waals surface area contributed by atoms with Crippen LogP contribution in [0.25, 0.3) is 0 Å². The maximum absolute atomic E-state index is 12.3. The van der Waals surface area contributed by atoms with Crippen LogP contribution in [0, 0.1) is 0 Å². The Labute approximate surface area is 93.1 Å². The van der Waals surface area contributed by atoms with Crippen LogP contribution in [0.15, 0.2) is 22.7 Å². The van der Waals surface area contributed by atoms with Crippen molar-refractivity contribution in [1.29, 1.82) is 0 Å². The lowest BCUT2D eigenvalue weighted by molar-refractivity contribution is -0.137. The summed E-state index contributed by atoms with van der Waals surface area (Å²) in [4.78, 5) is 0. The third kappa shape index (κ3) is 3.39. The molecule has 0 amide bonds. The standard InChI is InChI=1S/C9H8BrF3O2/c1-14-5-15-8-3-2-6(4-7(8)10)9(11,12)13/h2-4H,5H2,1H3. The van der Waals surface area contributed by atoms with Gasteiger partial charge in [-0.3, -0.25) is 0 Å². The Morgan fingerprint density at radius 2 is 2.00 bits per heavy atom. The third-order valence-corrected chi connectivity index (χ3v) is 2.21. The number of methoxy groups -OCH3 is 1. The Balaban J connectivity index is 2.88. The predicted molar refractivity (Wildman–Crippen MR) is 51.6 cm³/mol. The molecule has 0 radical (unpaired) electrons. The molecule has 0 aliphatic rings. The first-order valence-corrected chi connectivity index (χ1v) is 4.73. The molecule has 0 aliphatic carbocycles. The summed E-state index contributed by atoms with van der Waals surface area (Å²) in [6.07, 6.45) is -4.34. The SMILES string of the molecule is COCOc1ccc(C(F)(F)F)cc1Br. The monoisotopic (exact) mass is 284 g/mol. The lowest BCUT2D eigenvalue weighted by atomic mass is 10.2. The van der Waals surface area contributed by atoms with Crippen LogP contribution >= 0.6 is 15.9 Å². The molecule has 2 nitrogen and oxygen atoms in total. The van der Waals surface area contributed by atoms with E-state index in [9.17, 15) is 13.2 Å². The molecule has 1 rings (SSSR count). The number of alkyl halides is 3. The van der Waals surface area contributed by atoms with Crippen molar-refractivity contribution in [1.82, 2.24) is 0 Å². The van der Waals surface area contributed by atoms with Gasteiger partial charge in [0.25, 0.3) is 0 Å². The molecule has 0 saturated carbocycles. The van der Waals surface area contributed by atoms with Gasteiger partial charge in [-0.15, -0.1) is 0 Å². The summed E-state index contributed by atoms with van der Waals surface area (Å²) >= 11 is 2.99. The summed E-state index contributed by atoms with van der Waals surface area (Å²) in [5.74, 6) is 0.310. The number of ether oxygens (including phenoxy) is 2. The van der Waals surface area contributed by atoms with E-state index in [1.165, 1.54) is 13.2 Å². The van der Waals surface area contributed by atoms with Crippen LogP contribution < -0.4 is 4.74 Å². The summed E-state index contributed by atoms with van der Waals surface area (Å²) in [6.45, 7) is -0.00996. The smallest absolute Gasteiger partial charge is 0.416 e. The van der Waals surface area contributed by atoms with E-state index in [2.05, 4.69) is 20.7 Å². The van der Waals surface area contributed by atoms with Crippen molar-refractivity contribution < 1.29 is 22.6 Å². The van der Waals surface area contributed by atoms with E-state index in [4.69, 9.17) is 4.74 Å². The fraction of sp³-hybridized carbons (Fsp3) is 0.333. The van der Waals surface area contributed by atoms with Gasteiger partial charge in [0.2, 0.25) is 0 Å². The summed E-state index contributed by atoms with van der Waals surface area (Å²) in [6, 6.07) is 3.16. The average molecular weight is 285 g/mol. The summed E-state index contributed by atoms with van der Waals surface area (Å²) in [5.41, 5.74) is -0.723. The zero-order valence-corrected chi connectivity index (χ0v) is 9.35. The van der Waals surface area contributed by atoms with Gasteiger partial charge in [-0.1, -0.05) is 0 Å². The maximum atomic E-state index is 12.3. The highest BCUT2D eigenvalue weighted by Crippen LogP contribution is 2.34. The zero-order valence-electron chi connectivity index (χ0n) is 7.77. The molecule has 0 spiro atoms. The van der Waals surface area contributed by atoms with Crippen LogP contribution in [0.3, 0.4) is 0 Å². The molecule has 0 bridgehead atoms. The number of hydrogen-bond acceptors (Lipinski definition) is 2. The topological polar surface area (TPSA) is 18.5 Å². The van der Waals surface area contributed by atoms with E-state index < -0.39 is 11.7 Å². The highest BCUT2D eigenvalue weighted by atomic mass is 79.9. The van der Waals surface area contributed by atoms with Crippen molar-refractivity contribution in [2.45, 2.75) is 6.18 Å². The van der Waals surface area contributed by atoms with Gasteiger partial charge in [-0.05, 0) is 34.1 Å². The molecule has 0 N–H and O–H groups in total. The molecule has 1 aromatic rings. The average Bonchev–Trinajstić information content (AvgIpc) is 2.14. The van der Waals surface area contributed by atoms with Gasteiger partial charge in [0, 0.05) is 7.11 Å². The van der Waals surface area contributed by atoms with E-state index >= 15 is 0 Å². The lowest BCUT2D eigenvalue weighted by Crippen LogP contribution is -2.05. The molecule has 1 aromatic carbocycles. The van der Waals surface area contributed by atoms with Crippen LogP contribution in [-0.2, 0) is 10.9 Å². The first-order valence-electron chi connectivity index (χ1n) is 3.93. The maximum Gasteiger partial charge on any atom is 0.416 e. The van der Waals surface area contributed by atoms with Gasteiger partial charge < -0.3 is 9.47 Å². The predicted octanol–water partition coefficient (Wildman–Crippen LogP) is 3.45. The van der Waals surface area contributed by atoms with Crippen molar-refractivity contribution in [3.63, 3.8) is 0 Å². The Kier molecular flexibility index (Phi) is 3.98. The minimum absolute atomic E-state index is 0.00996. The molecule has 0 aliphatic heterocycles. The minimum Gasteiger partial charge on any atom is -0.466 e. The highest BCUT2D eigenvalue weighted by molar-refractivity contribution is 9.10. The first kappa shape index (κ1) is 12.3. The van der Waals surface area contributed by atoms with E-state index in [0.29, 0.717) is 5.75 Å². The molecule has 15 heavy (non-hydrogen) atoms. The Hall–Kier alpha value is -0.750. The van der Waals surface area contributed by atoms with Gasteiger partial charge >= 0.3 is 6.18 Å². The second kappa shape index (κ2) is 4.85. The van der Waals surface area contributed by atoms with Crippen molar-refractivity contribution in [3.8, 4) is 5.75 Å². The number of halogens is 4. The summed E-state index contributed by atoms with van der Waals surface area (Å²) < 4.78 is 46.7. The normalized spacial score (nSPS) is 11.5. The number of benzene rings is 1. The van der Waals surface area contributed by atoms with E-state index in [0.717, 1.165) is 12.1 Å². The van der Waals surface area contributed by atoms with Crippen molar-refractivity contribution in [2.24, 2.45) is 0 Å². The zero-order chi connectivity index (χ0) is 11.5. The van der Waals surface area contributed by atoms with Crippen LogP contribution in [0.5, 0.6) is 5.75 Å². The minimum atomic E-state index is -4.34. The quantitative estimate of drug-likeness (QED) is 0.792. The van der Waals surface area contributed by atoms with Gasteiger partial charge in [0.05, 0.1) is 10.0 Å². The van der Waals surface area contributed by atoms with E-state index in [1.807, 2.05) is 0 Å². The summed E-state index contributed by atoms with van der Waals surface area (Å²) in [5, 5.41) is 0. The van der Waals surface area contributed by atoms with Crippen LogP contribution in [0.1, 0.15) is 5.56 Å². The van der Waals surface area contributed by atoms with Crippen molar-refractivity contribution >= 4 is 15.9 Å². The van der Waals surface area contributed by atoms with Crippen molar-refractivity contribution in [3.05, 3.63) is 28.2 Å². The Bertz CT molecular complexity index is 339. The molecule has 0 saturated heterocycles. The van der Waals surface area contributed by atoms with Gasteiger partial charge in [0.15, 0.2) is 6.79 Å². The van der Waals surface area contributed by atoms with E-state index in [1.54, 1.807) is 0 Å². The molecule has 6 heteroatoms. The van der Waals surface area contributed by atoms with Gasteiger partial charge in [-0.25, -0.2) is 0 Å². The largest absolute Gasteiger partial charge is 0.466 e. The van der Waals surface area contributed by atoms with Gasteiger partial charge in [-0.2, -0.15) is 13.2 Å². The fourth-order valence-electron chi connectivity index (χ4n) is 0.917. The summed E-state index contributed by atoms with van der Waals surface area (Å²) in [7, 11) is 1.43. The fourth-order valence-corrected chi connectivity index (χ4v) is 1.41. The van der Waals surface area contributed by atoms with Crippen molar-refractivity contribution in [2.75, 3.05) is 13.9 Å². The number of rotatable bonds is 3. The van der Waals surface area contributed by atoms with Crippen LogP contribution in [0.4, 0.5) is 13.2 Å². The van der Waals surface area contributed by atoms with Gasteiger partial charge in [0.1, 0.15) is 5.75 Å². The Morgan fingerprint density at radius 1 is 1.33 bits per heavy atom. The molecule has 0 aromatic heterocycles. The highest BCUT2D eigenvalue weighted by Gasteiger charge is 2.30. The molecular weight excluding hydrogens is 277 g/mol.